The topological polar surface area (TPSA) is 101 Å². The SMILES string of the molecule is COCCOc1cccc(CNC(=O)c2cc(S(=O)(=O)N3CCSCC3)c[nH]2)c1. The number of nitrogens with one attached hydrogen (secondary N) is 2. The van der Waals surface area contributed by atoms with Gasteiger partial charge in [-0.05, 0) is 23.8 Å². The molecule has 0 unspecified atom stereocenters. The molecule has 1 saturated heterocycles. The Morgan fingerprint density at radius 3 is 2.79 bits per heavy atom. The lowest BCUT2D eigenvalue weighted by atomic mass is 10.2. The van der Waals surface area contributed by atoms with Gasteiger partial charge < -0.3 is 19.8 Å². The summed E-state index contributed by atoms with van der Waals surface area (Å²) in [6.45, 7) is 2.22. The number of aromatic amines is 1. The second-order valence-corrected chi connectivity index (χ2v) is 9.60. The maximum atomic E-state index is 12.7. The minimum absolute atomic E-state index is 0.114. The van der Waals surface area contributed by atoms with Crippen molar-refractivity contribution >= 4 is 27.7 Å². The monoisotopic (exact) mass is 439 g/mol. The highest BCUT2D eigenvalue weighted by molar-refractivity contribution is 7.99. The molecule has 0 aliphatic carbocycles. The molecule has 0 atom stereocenters. The Balaban J connectivity index is 1.58. The van der Waals surface area contributed by atoms with E-state index in [1.165, 1.54) is 16.6 Å². The second kappa shape index (κ2) is 10.1. The van der Waals surface area contributed by atoms with Gasteiger partial charge in [-0.15, -0.1) is 0 Å². The molecule has 1 aromatic heterocycles. The molecule has 2 aromatic rings. The summed E-state index contributed by atoms with van der Waals surface area (Å²) >= 11 is 1.74. The fourth-order valence-corrected chi connectivity index (χ4v) is 5.43. The van der Waals surface area contributed by atoms with Crippen LogP contribution in [0.3, 0.4) is 0 Å². The van der Waals surface area contributed by atoms with Crippen molar-refractivity contribution in [2.24, 2.45) is 0 Å². The molecule has 2 N–H and O–H groups in total. The van der Waals surface area contributed by atoms with Crippen LogP contribution in [-0.4, -0.2) is 68.5 Å². The Morgan fingerprint density at radius 1 is 1.24 bits per heavy atom. The van der Waals surface area contributed by atoms with Crippen molar-refractivity contribution < 1.29 is 22.7 Å². The molecule has 29 heavy (non-hydrogen) atoms. The summed E-state index contributed by atoms with van der Waals surface area (Å²) in [7, 11) is -1.97. The third kappa shape index (κ3) is 5.75. The first-order chi connectivity index (χ1) is 14.0. The predicted octanol–water partition coefficient (Wildman–Crippen LogP) is 1.71. The lowest BCUT2D eigenvalue weighted by Gasteiger charge is -2.24. The fraction of sp³-hybridized carbons (Fsp3) is 0.421. The Labute approximate surface area is 175 Å². The number of sulfonamides is 1. The lowest BCUT2D eigenvalue weighted by Crippen LogP contribution is -2.37. The molecular formula is C19H25N3O5S2. The molecule has 2 heterocycles. The Bertz CT molecular complexity index is 923. The van der Waals surface area contributed by atoms with Gasteiger partial charge in [0.2, 0.25) is 10.0 Å². The third-order valence-electron chi connectivity index (χ3n) is 4.42. The highest BCUT2D eigenvalue weighted by Crippen LogP contribution is 2.21. The summed E-state index contributed by atoms with van der Waals surface area (Å²) < 4.78 is 37.4. The van der Waals surface area contributed by atoms with Crippen molar-refractivity contribution in [2.75, 3.05) is 44.9 Å². The molecule has 3 rings (SSSR count). The van der Waals surface area contributed by atoms with Crippen molar-refractivity contribution in [3.63, 3.8) is 0 Å². The summed E-state index contributed by atoms with van der Waals surface area (Å²) in [5.74, 6) is 1.89. The van der Waals surface area contributed by atoms with Crippen LogP contribution in [-0.2, 0) is 21.3 Å². The van der Waals surface area contributed by atoms with E-state index >= 15 is 0 Å². The van der Waals surface area contributed by atoms with Gasteiger partial charge in [0.1, 0.15) is 22.9 Å². The van der Waals surface area contributed by atoms with Crippen LogP contribution in [0.4, 0.5) is 0 Å². The molecule has 0 saturated carbocycles. The molecule has 0 radical (unpaired) electrons. The molecule has 0 spiro atoms. The number of benzene rings is 1. The van der Waals surface area contributed by atoms with Crippen LogP contribution in [0.1, 0.15) is 16.1 Å². The number of amides is 1. The van der Waals surface area contributed by atoms with E-state index in [0.717, 1.165) is 17.1 Å². The van der Waals surface area contributed by atoms with Gasteiger partial charge in [0.15, 0.2) is 0 Å². The average Bonchev–Trinajstić information content (AvgIpc) is 3.24. The first kappa shape index (κ1) is 21.7. The van der Waals surface area contributed by atoms with Gasteiger partial charge in [0.25, 0.3) is 5.91 Å². The maximum absolute atomic E-state index is 12.7. The van der Waals surface area contributed by atoms with E-state index in [4.69, 9.17) is 9.47 Å². The van der Waals surface area contributed by atoms with E-state index in [1.54, 1.807) is 18.9 Å². The Kier molecular flexibility index (Phi) is 7.59. The van der Waals surface area contributed by atoms with Crippen LogP contribution < -0.4 is 10.1 Å². The number of nitrogens with zero attached hydrogens (tertiary/aromatic N) is 1. The summed E-state index contributed by atoms with van der Waals surface area (Å²) in [4.78, 5) is 15.3. The van der Waals surface area contributed by atoms with Crippen LogP contribution >= 0.6 is 11.8 Å². The standard InChI is InChI=1S/C19H25N3O5S2/c1-26-7-8-27-16-4-2-3-15(11-16)13-21-19(23)18-12-17(14-20-18)29(24,25)22-5-9-28-10-6-22/h2-4,11-12,14,20H,5-10,13H2,1H3,(H,21,23). The molecule has 10 heteroatoms. The average molecular weight is 440 g/mol. The molecule has 0 bridgehead atoms. The number of carbonyl (C=O) groups excluding carboxylic acids is 1. The summed E-state index contributed by atoms with van der Waals surface area (Å²) in [5.41, 5.74) is 1.08. The Hall–Kier alpha value is -2.01. The number of thioether (sulfide) groups is 1. The summed E-state index contributed by atoms with van der Waals surface area (Å²) in [5, 5.41) is 2.79. The smallest absolute Gasteiger partial charge is 0.268 e. The van der Waals surface area contributed by atoms with Gasteiger partial charge in [0.05, 0.1) is 6.61 Å². The number of rotatable bonds is 9. The molecule has 1 aromatic carbocycles. The lowest BCUT2D eigenvalue weighted by molar-refractivity contribution is 0.0946. The third-order valence-corrected chi connectivity index (χ3v) is 7.24. The van der Waals surface area contributed by atoms with E-state index in [9.17, 15) is 13.2 Å². The fourth-order valence-electron chi connectivity index (χ4n) is 2.86. The zero-order chi connectivity index (χ0) is 20.7. The van der Waals surface area contributed by atoms with Crippen molar-refractivity contribution in [3.8, 4) is 5.75 Å². The molecule has 8 nitrogen and oxygen atoms in total. The minimum atomic E-state index is -3.58. The highest BCUT2D eigenvalue weighted by Gasteiger charge is 2.27. The van der Waals surface area contributed by atoms with Crippen LogP contribution in [0.2, 0.25) is 0 Å². The summed E-state index contributed by atoms with van der Waals surface area (Å²) in [6, 6.07) is 8.79. The van der Waals surface area contributed by atoms with Crippen molar-refractivity contribution in [1.82, 2.24) is 14.6 Å². The van der Waals surface area contributed by atoms with Gasteiger partial charge in [-0.3, -0.25) is 4.79 Å². The van der Waals surface area contributed by atoms with Crippen molar-refractivity contribution in [1.29, 1.82) is 0 Å². The highest BCUT2D eigenvalue weighted by atomic mass is 32.2. The molecular weight excluding hydrogens is 414 g/mol. The van der Waals surface area contributed by atoms with Crippen LogP contribution in [0.15, 0.2) is 41.4 Å². The van der Waals surface area contributed by atoms with Crippen molar-refractivity contribution in [2.45, 2.75) is 11.4 Å². The second-order valence-electron chi connectivity index (χ2n) is 6.44. The number of hydrogen-bond acceptors (Lipinski definition) is 6. The van der Waals surface area contributed by atoms with Crippen LogP contribution in [0, 0.1) is 0 Å². The quantitative estimate of drug-likeness (QED) is 0.577. The van der Waals surface area contributed by atoms with Gasteiger partial charge in [-0.25, -0.2) is 8.42 Å². The largest absolute Gasteiger partial charge is 0.491 e. The van der Waals surface area contributed by atoms with Gasteiger partial charge in [-0.2, -0.15) is 16.1 Å². The molecule has 1 aliphatic rings. The normalized spacial score (nSPS) is 15.2. The van der Waals surface area contributed by atoms with Gasteiger partial charge in [0, 0.05) is 44.4 Å². The zero-order valence-corrected chi connectivity index (χ0v) is 17.9. The van der Waals surface area contributed by atoms with E-state index in [1.807, 2.05) is 24.3 Å². The van der Waals surface area contributed by atoms with Gasteiger partial charge in [-0.1, -0.05) is 12.1 Å². The number of ether oxygens (including phenoxy) is 2. The van der Waals surface area contributed by atoms with E-state index in [2.05, 4.69) is 10.3 Å². The number of hydrogen-bond donors (Lipinski definition) is 2. The number of methoxy groups -OCH3 is 1. The first-order valence-electron chi connectivity index (χ1n) is 9.26. The zero-order valence-electron chi connectivity index (χ0n) is 16.2. The first-order valence-corrected chi connectivity index (χ1v) is 11.9. The molecule has 158 valence electrons. The van der Waals surface area contributed by atoms with Gasteiger partial charge >= 0.3 is 0 Å². The number of aromatic nitrogens is 1. The maximum Gasteiger partial charge on any atom is 0.268 e. The van der Waals surface area contributed by atoms with E-state index in [-0.39, 0.29) is 16.5 Å². The van der Waals surface area contributed by atoms with Crippen LogP contribution in [0.25, 0.3) is 0 Å². The van der Waals surface area contributed by atoms with E-state index < -0.39 is 10.0 Å². The van der Waals surface area contributed by atoms with Crippen LogP contribution in [0.5, 0.6) is 5.75 Å². The Morgan fingerprint density at radius 2 is 2.03 bits per heavy atom. The predicted molar refractivity (Wildman–Crippen MR) is 112 cm³/mol. The molecule has 1 fully saturated rings. The number of carbonyl (C=O) groups is 1. The van der Waals surface area contributed by atoms with Crippen molar-refractivity contribution in [3.05, 3.63) is 47.8 Å². The number of H-pyrrole nitrogens is 1. The molecule has 1 amide bonds. The minimum Gasteiger partial charge on any atom is -0.491 e. The van der Waals surface area contributed by atoms with E-state index in [0.29, 0.717) is 38.6 Å². The molecule has 1 aliphatic heterocycles. The summed E-state index contributed by atoms with van der Waals surface area (Å²) in [6.07, 6.45) is 1.37.